The lowest BCUT2D eigenvalue weighted by molar-refractivity contribution is 0.242. The Morgan fingerprint density at radius 2 is 2.08 bits per heavy atom. The van der Waals surface area contributed by atoms with Crippen LogP contribution in [0.3, 0.4) is 0 Å². The molecule has 6 nitrogen and oxygen atoms in total. The molecule has 0 heterocycles. The molecule has 0 rings (SSSR count). The zero-order chi connectivity index (χ0) is 10.3. The maximum absolute atomic E-state index is 10.8. The minimum atomic E-state index is -3.50. The molecular formula is C6H13N3O3S. The minimum absolute atomic E-state index is 0.00180. The molecule has 0 radical (unpaired) electrons. The van der Waals surface area contributed by atoms with Gasteiger partial charge in [-0.1, -0.05) is 6.08 Å². The fourth-order valence-corrected chi connectivity index (χ4v) is 0.921. The van der Waals surface area contributed by atoms with Crippen molar-refractivity contribution in [1.82, 2.24) is 10.6 Å². The van der Waals surface area contributed by atoms with Crippen LogP contribution in [0.4, 0.5) is 4.79 Å². The fourth-order valence-electron chi connectivity index (χ4n) is 0.534. The molecule has 0 unspecified atom stereocenters. The molecule has 0 atom stereocenters. The number of rotatable bonds is 5. The summed E-state index contributed by atoms with van der Waals surface area (Å²) in [5, 5.41) is 9.44. The molecule has 4 N–H and O–H groups in total. The smallest absolute Gasteiger partial charge is 0.315 e. The lowest BCUT2D eigenvalue weighted by atomic mass is 10.6. The maximum Gasteiger partial charge on any atom is 0.315 e. The zero-order valence-corrected chi connectivity index (χ0v) is 7.93. The molecule has 13 heavy (non-hydrogen) atoms. The van der Waals surface area contributed by atoms with E-state index in [1.54, 1.807) is 0 Å². The van der Waals surface area contributed by atoms with Crippen LogP contribution in [0.25, 0.3) is 0 Å². The quantitative estimate of drug-likeness (QED) is 0.491. The predicted molar refractivity (Wildman–Crippen MR) is 49.6 cm³/mol. The van der Waals surface area contributed by atoms with Crippen molar-refractivity contribution in [2.45, 2.75) is 0 Å². The van der Waals surface area contributed by atoms with E-state index in [0.29, 0.717) is 6.54 Å². The highest BCUT2D eigenvalue weighted by Gasteiger charge is 2.03. The zero-order valence-electron chi connectivity index (χ0n) is 7.12. The molecule has 0 aromatic rings. The number of sulfonamides is 1. The van der Waals surface area contributed by atoms with Gasteiger partial charge in [-0.3, -0.25) is 0 Å². The van der Waals surface area contributed by atoms with Gasteiger partial charge in [0, 0.05) is 13.1 Å². The van der Waals surface area contributed by atoms with E-state index in [-0.39, 0.29) is 12.3 Å². The van der Waals surface area contributed by atoms with Crippen LogP contribution in [0, 0.1) is 0 Å². The monoisotopic (exact) mass is 207 g/mol. The first-order valence-electron chi connectivity index (χ1n) is 3.59. The Labute approximate surface area is 77.2 Å². The van der Waals surface area contributed by atoms with Crippen molar-refractivity contribution in [3.8, 4) is 0 Å². The van der Waals surface area contributed by atoms with Crippen molar-refractivity contribution >= 4 is 16.1 Å². The second-order valence-electron chi connectivity index (χ2n) is 2.29. The van der Waals surface area contributed by atoms with Gasteiger partial charge in [-0.2, -0.15) is 0 Å². The summed E-state index contributed by atoms with van der Waals surface area (Å²) in [4.78, 5) is 10.8. The second kappa shape index (κ2) is 5.55. The van der Waals surface area contributed by atoms with Crippen molar-refractivity contribution in [3.05, 3.63) is 12.7 Å². The van der Waals surface area contributed by atoms with Crippen molar-refractivity contribution in [1.29, 1.82) is 0 Å². The Hall–Kier alpha value is -1.08. The summed E-state index contributed by atoms with van der Waals surface area (Å²) in [7, 11) is -3.50. The summed E-state index contributed by atoms with van der Waals surface area (Å²) < 4.78 is 20.8. The molecule has 0 aromatic heterocycles. The van der Waals surface area contributed by atoms with Crippen molar-refractivity contribution in [3.63, 3.8) is 0 Å². The van der Waals surface area contributed by atoms with Crippen LogP contribution in [0.2, 0.25) is 0 Å². The number of carbonyl (C=O) groups is 1. The molecule has 0 aliphatic rings. The summed E-state index contributed by atoms with van der Waals surface area (Å²) >= 11 is 0. The van der Waals surface area contributed by atoms with Gasteiger partial charge in [-0.15, -0.1) is 6.58 Å². The molecule has 0 saturated carbocycles. The highest BCUT2D eigenvalue weighted by molar-refractivity contribution is 7.89. The molecule has 0 aliphatic carbocycles. The van der Waals surface area contributed by atoms with Crippen LogP contribution in [-0.4, -0.2) is 33.3 Å². The van der Waals surface area contributed by atoms with E-state index in [4.69, 9.17) is 5.14 Å². The molecule has 0 spiro atoms. The van der Waals surface area contributed by atoms with E-state index in [1.165, 1.54) is 6.08 Å². The number of nitrogens with two attached hydrogens (primary N) is 1. The number of hydrogen-bond donors (Lipinski definition) is 3. The van der Waals surface area contributed by atoms with Gasteiger partial charge in [0.05, 0.1) is 5.75 Å². The number of hydrogen-bond acceptors (Lipinski definition) is 3. The van der Waals surface area contributed by atoms with Gasteiger partial charge in [0.1, 0.15) is 0 Å². The first kappa shape index (κ1) is 11.9. The molecule has 7 heteroatoms. The average molecular weight is 207 g/mol. The number of carbonyl (C=O) groups excluding carboxylic acids is 1. The van der Waals surface area contributed by atoms with E-state index in [9.17, 15) is 13.2 Å². The van der Waals surface area contributed by atoms with Gasteiger partial charge in [-0.25, -0.2) is 18.4 Å². The second-order valence-corrected chi connectivity index (χ2v) is 4.03. The van der Waals surface area contributed by atoms with Gasteiger partial charge in [-0.05, 0) is 0 Å². The van der Waals surface area contributed by atoms with Crippen molar-refractivity contribution in [2.75, 3.05) is 18.8 Å². The van der Waals surface area contributed by atoms with E-state index < -0.39 is 16.1 Å². The van der Waals surface area contributed by atoms with Crippen molar-refractivity contribution in [2.24, 2.45) is 5.14 Å². The van der Waals surface area contributed by atoms with Gasteiger partial charge in [0.15, 0.2) is 0 Å². The third-order valence-corrected chi connectivity index (χ3v) is 1.85. The normalized spacial score (nSPS) is 10.5. The number of primary sulfonamides is 1. The van der Waals surface area contributed by atoms with Gasteiger partial charge >= 0.3 is 6.03 Å². The summed E-state index contributed by atoms with van der Waals surface area (Å²) in [6.07, 6.45) is 1.51. The maximum atomic E-state index is 10.8. The van der Waals surface area contributed by atoms with Crippen LogP contribution in [0.5, 0.6) is 0 Å². The van der Waals surface area contributed by atoms with Gasteiger partial charge < -0.3 is 10.6 Å². The first-order chi connectivity index (χ1) is 5.95. The van der Waals surface area contributed by atoms with Crippen LogP contribution in [0.15, 0.2) is 12.7 Å². The van der Waals surface area contributed by atoms with Crippen LogP contribution in [-0.2, 0) is 10.0 Å². The summed E-state index contributed by atoms with van der Waals surface area (Å²) in [6.45, 7) is 3.73. The summed E-state index contributed by atoms with van der Waals surface area (Å²) in [5.74, 6) is -0.269. The Morgan fingerprint density at radius 1 is 1.46 bits per heavy atom. The fraction of sp³-hybridized carbons (Fsp3) is 0.500. The molecular weight excluding hydrogens is 194 g/mol. The number of nitrogens with one attached hydrogen (secondary N) is 2. The molecule has 0 aliphatic heterocycles. The third-order valence-electron chi connectivity index (χ3n) is 1.08. The van der Waals surface area contributed by atoms with Crippen LogP contribution >= 0.6 is 0 Å². The highest BCUT2D eigenvalue weighted by atomic mass is 32.2. The molecule has 0 bridgehead atoms. The molecule has 2 amide bonds. The van der Waals surface area contributed by atoms with E-state index in [2.05, 4.69) is 17.2 Å². The largest absolute Gasteiger partial charge is 0.337 e. The lowest BCUT2D eigenvalue weighted by Gasteiger charge is -2.03. The molecule has 0 fully saturated rings. The molecule has 0 aromatic carbocycles. The minimum Gasteiger partial charge on any atom is -0.337 e. The van der Waals surface area contributed by atoms with Crippen LogP contribution in [0.1, 0.15) is 0 Å². The van der Waals surface area contributed by atoms with E-state index in [1.807, 2.05) is 0 Å². The number of amides is 2. The molecule has 76 valence electrons. The summed E-state index contributed by atoms with van der Waals surface area (Å²) in [5.41, 5.74) is 0. The van der Waals surface area contributed by atoms with E-state index in [0.717, 1.165) is 0 Å². The lowest BCUT2D eigenvalue weighted by Crippen LogP contribution is -2.38. The first-order valence-corrected chi connectivity index (χ1v) is 5.30. The van der Waals surface area contributed by atoms with Gasteiger partial charge in [0.2, 0.25) is 10.0 Å². The Balaban J connectivity index is 3.54. The Bertz CT molecular complexity index is 273. The van der Waals surface area contributed by atoms with E-state index >= 15 is 0 Å². The highest BCUT2D eigenvalue weighted by Crippen LogP contribution is 1.74. The van der Waals surface area contributed by atoms with Crippen molar-refractivity contribution < 1.29 is 13.2 Å². The number of urea groups is 1. The standard InChI is InChI=1S/C6H13N3O3S/c1-2-3-8-6(10)9-4-5-13(7,11)12/h2H,1,3-5H2,(H2,7,11,12)(H2,8,9,10). The van der Waals surface area contributed by atoms with Gasteiger partial charge in [0.25, 0.3) is 0 Å². The average Bonchev–Trinajstić information content (AvgIpc) is 1.98. The predicted octanol–water partition coefficient (Wildman–Crippen LogP) is -1.24. The van der Waals surface area contributed by atoms with Crippen LogP contribution < -0.4 is 15.8 Å². The topological polar surface area (TPSA) is 101 Å². The Morgan fingerprint density at radius 3 is 2.54 bits per heavy atom. The summed E-state index contributed by atoms with van der Waals surface area (Å²) in [6, 6.07) is -0.441. The Kier molecular flexibility index (Phi) is 5.09. The SMILES string of the molecule is C=CCNC(=O)NCCS(N)(=O)=O. The third kappa shape index (κ3) is 8.83. The molecule has 0 saturated heterocycles.